The van der Waals surface area contributed by atoms with Crippen molar-refractivity contribution in [2.45, 2.75) is 83.6 Å². The summed E-state index contributed by atoms with van der Waals surface area (Å²) < 4.78 is 11.9. The maximum atomic E-state index is 6.15. The number of likely N-dealkylation sites (tertiary alicyclic amines) is 1. The van der Waals surface area contributed by atoms with Gasteiger partial charge in [0.25, 0.3) is 0 Å². The van der Waals surface area contributed by atoms with Gasteiger partial charge in [-0.1, -0.05) is 0 Å². The second-order valence-electron chi connectivity index (χ2n) is 11.7. The molecule has 1 aliphatic carbocycles. The molecule has 3 aliphatic heterocycles. The van der Waals surface area contributed by atoms with Crippen LogP contribution >= 0.6 is 0 Å². The molecule has 5 heteroatoms. The SMILES string of the molecule is CC(C)N1CCC(CN2CCN(CC3CC(OC(C)(C)C)C3)C3(COC3)C2)CC1. The minimum absolute atomic E-state index is 0.00435. The van der Waals surface area contributed by atoms with Gasteiger partial charge in [-0.25, -0.2) is 0 Å². The normalized spacial score (nSPS) is 32.5. The lowest BCUT2D eigenvalue weighted by atomic mass is 9.79. The van der Waals surface area contributed by atoms with Crippen molar-refractivity contribution in [1.29, 1.82) is 0 Å². The summed E-state index contributed by atoms with van der Waals surface area (Å²) in [6.45, 7) is 21.8. The number of nitrogens with zero attached hydrogens (tertiary/aromatic N) is 3. The van der Waals surface area contributed by atoms with E-state index in [1.807, 2.05) is 0 Å². The van der Waals surface area contributed by atoms with Crippen molar-refractivity contribution in [1.82, 2.24) is 14.7 Å². The molecule has 168 valence electrons. The molecule has 0 atom stereocenters. The average molecular weight is 408 g/mol. The molecule has 4 rings (SSSR count). The molecule has 1 saturated carbocycles. The van der Waals surface area contributed by atoms with Gasteiger partial charge in [-0.15, -0.1) is 0 Å². The Hall–Kier alpha value is -0.200. The molecule has 0 unspecified atom stereocenters. The van der Waals surface area contributed by atoms with Crippen molar-refractivity contribution in [2.24, 2.45) is 11.8 Å². The van der Waals surface area contributed by atoms with Gasteiger partial charge in [-0.3, -0.25) is 9.80 Å². The van der Waals surface area contributed by atoms with Gasteiger partial charge >= 0.3 is 0 Å². The highest BCUT2D eigenvalue weighted by Gasteiger charge is 2.49. The minimum Gasteiger partial charge on any atom is -0.377 e. The molecule has 5 nitrogen and oxygen atoms in total. The maximum Gasteiger partial charge on any atom is 0.0807 e. The Balaban J connectivity index is 1.22. The first kappa shape index (κ1) is 22.0. The van der Waals surface area contributed by atoms with E-state index in [-0.39, 0.29) is 5.60 Å². The number of rotatable bonds is 6. The molecule has 0 amide bonds. The molecule has 0 aromatic rings. The van der Waals surface area contributed by atoms with Crippen LogP contribution < -0.4 is 0 Å². The van der Waals surface area contributed by atoms with E-state index in [4.69, 9.17) is 9.47 Å². The number of hydrogen-bond acceptors (Lipinski definition) is 5. The van der Waals surface area contributed by atoms with Crippen LogP contribution in [0.3, 0.4) is 0 Å². The summed E-state index contributed by atoms with van der Waals surface area (Å²) in [7, 11) is 0. The Kier molecular flexibility index (Phi) is 6.63. The summed E-state index contributed by atoms with van der Waals surface area (Å²) >= 11 is 0. The van der Waals surface area contributed by atoms with Crippen molar-refractivity contribution in [3.05, 3.63) is 0 Å². The van der Waals surface area contributed by atoms with Gasteiger partial charge in [-0.05, 0) is 85.2 Å². The molecule has 0 aromatic carbocycles. The largest absolute Gasteiger partial charge is 0.377 e. The Morgan fingerprint density at radius 1 is 0.966 bits per heavy atom. The summed E-state index contributed by atoms with van der Waals surface area (Å²) in [5.41, 5.74) is 0.294. The second-order valence-corrected chi connectivity index (χ2v) is 11.7. The summed E-state index contributed by atoms with van der Waals surface area (Å²) in [5, 5.41) is 0. The highest BCUT2D eigenvalue weighted by Crippen LogP contribution is 2.37. The first-order chi connectivity index (χ1) is 13.7. The quantitative estimate of drug-likeness (QED) is 0.675. The summed E-state index contributed by atoms with van der Waals surface area (Å²) in [6, 6.07) is 0.704. The van der Waals surface area contributed by atoms with Crippen molar-refractivity contribution < 1.29 is 9.47 Å². The third kappa shape index (κ3) is 5.35. The highest BCUT2D eigenvalue weighted by atomic mass is 16.5. The predicted molar refractivity (Wildman–Crippen MR) is 118 cm³/mol. The van der Waals surface area contributed by atoms with Crippen LogP contribution in [0.25, 0.3) is 0 Å². The van der Waals surface area contributed by atoms with Crippen LogP contribution in [0.4, 0.5) is 0 Å². The molecule has 4 fully saturated rings. The molecular weight excluding hydrogens is 362 g/mol. The van der Waals surface area contributed by atoms with Crippen LogP contribution in [0, 0.1) is 11.8 Å². The highest BCUT2D eigenvalue weighted by molar-refractivity contribution is 5.03. The van der Waals surface area contributed by atoms with E-state index >= 15 is 0 Å². The number of hydrogen-bond donors (Lipinski definition) is 0. The molecule has 29 heavy (non-hydrogen) atoms. The molecule has 1 spiro atoms. The topological polar surface area (TPSA) is 28.2 Å². The second kappa shape index (κ2) is 8.74. The van der Waals surface area contributed by atoms with Crippen LogP contribution in [-0.2, 0) is 9.47 Å². The van der Waals surface area contributed by atoms with Crippen molar-refractivity contribution in [3.8, 4) is 0 Å². The Bertz CT molecular complexity index is 529. The summed E-state index contributed by atoms with van der Waals surface area (Å²) in [4.78, 5) is 8.19. The molecule has 0 aromatic heterocycles. The molecular formula is C24H45N3O2. The van der Waals surface area contributed by atoms with Gasteiger partial charge in [0.15, 0.2) is 0 Å². The Labute approximate surface area is 179 Å². The van der Waals surface area contributed by atoms with E-state index in [0.29, 0.717) is 17.7 Å². The lowest BCUT2D eigenvalue weighted by Gasteiger charge is -2.57. The molecule has 3 saturated heterocycles. The van der Waals surface area contributed by atoms with Crippen LogP contribution in [0.5, 0.6) is 0 Å². The number of ether oxygens (including phenoxy) is 2. The third-order valence-corrected chi connectivity index (χ3v) is 7.70. The van der Waals surface area contributed by atoms with E-state index in [1.54, 1.807) is 0 Å². The van der Waals surface area contributed by atoms with Gasteiger partial charge in [0.2, 0.25) is 0 Å². The Morgan fingerprint density at radius 3 is 2.21 bits per heavy atom. The van der Waals surface area contributed by atoms with Crippen LogP contribution in [0.2, 0.25) is 0 Å². The number of piperidine rings is 1. The fourth-order valence-electron chi connectivity index (χ4n) is 5.90. The first-order valence-corrected chi connectivity index (χ1v) is 12.2. The fourth-order valence-corrected chi connectivity index (χ4v) is 5.90. The van der Waals surface area contributed by atoms with Crippen molar-refractivity contribution in [2.75, 3.05) is 59.0 Å². The van der Waals surface area contributed by atoms with Crippen LogP contribution in [-0.4, -0.2) is 97.0 Å². The van der Waals surface area contributed by atoms with Gasteiger partial charge < -0.3 is 14.4 Å². The van der Waals surface area contributed by atoms with E-state index in [0.717, 1.165) is 25.0 Å². The molecule has 3 heterocycles. The van der Waals surface area contributed by atoms with E-state index in [1.165, 1.54) is 71.5 Å². The van der Waals surface area contributed by atoms with E-state index < -0.39 is 0 Å². The molecule has 0 radical (unpaired) electrons. The van der Waals surface area contributed by atoms with E-state index in [9.17, 15) is 0 Å². The van der Waals surface area contributed by atoms with Gasteiger partial charge in [-0.2, -0.15) is 0 Å². The minimum atomic E-state index is -0.00435. The third-order valence-electron chi connectivity index (χ3n) is 7.70. The van der Waals surface area contributed by atoms with Crippen LogP contribution in [0.1, 0.15) is 60.3 Å². The standard InChI is InChI=1S/C24H45N3O2/c1-19(2)26-8-6-20(7-9-26)14-25-10-11-27(24(16-25)17-28-18-24)15-21-12-22(13-21)29-23(3,4)5/h19-22H,6-18H2,1-5H3. The maximum absolute atomic E-state index is 6.15. The molecule has 0 bridgehead atoms. The monoisotopic (exact) mass is 407 g/mol. The predicted octanol–water partition coefficient (Wildman–Crippen LogP) is 3.09. The average Bonchev–Trinajstić information content (AvgIpc) is 2.59. The lowest BCUT2D eigenvalue weighted by Crippen LogP contribution is -2.72. The number of piperazine rings is 1. The zero-order chi connectivity index (χ0) is 20.6. The zero-order valence-electron chi connectivity index (χ0n) is 19.7. The summed E-state index contributed by atoms with van der Waals surface area (Å²) in [6.07, 6.45) is 5.70. The smallest absolute Gasteiger partial charge is 0.0807 e. The first-order valence-electron chi connectivity index (χ1n) is 12.2. The van der Waals surface area contributed by atoms with Gasteiger partial charge in [0.1, 0.15) is 0 Å². The molecule has 0 N–H and O–H groups in total. The fraction of sp³-hybridized carbons (Fsp3) is 1.00. The zero-order valence-corrected chi connectivity index (χ0v) is 19.7. The van der Waals surface area contributed by atoms with E-state index in [2.05, 4.69) is 49.3 Å². The lowest BCUT2D eigenvalue weighted by molar-refractivity contribution is -0.183. The summed E-state index contributed by atoms with van der Waals surface area (Å²) in [5.74, 6) is 1.70. The van der Waals surface area contributed by atoms with Gasteiger partial charge in [0.05, 0.1) is 30.5 Å². The van der Waals surface area contributed by atoms with Crippen molar-refractivity contribution >= 4 is 0 Å². The molecule has 4 aliphatic rings. The van der Waals surface area contributed by atoms with Crippen LogP contribution in [0.15, 0.2) is 0 Å². The van der Waals surface area contributed by atoms with Crippen molar-refractivity contribution in [3.63, 3.8) is 0 Å². The Morgan fingerprint density at radius 2 is 1.66 bits per heavy atom. The van der Waals surface area contributed by atoms with Gasteiger partial charge in [0, 0.05) is 38.8 Å².